The van der Waals surface area contributed by atoms with E-state index < -0.39 is 4.92 Å². The van der Waals surface area contributed by atoms with E-state index in [4.69, 9.17) is 11.6 Å². The third-order valence-electron chi connectivity index (χ3n) is 5.25. The number of ketones is 1. The summed E-state index contributed by atoms with van der Waals surface area (Å²) in [6.45, 7) is 0. The lowest BCUT2D eigenvalue weighted by molar-refractivity contribution is -0.384. The number of Topliss-reactive ketones (excluding diaryl/α,β-unsaturated/α-hetero) is 1. The number of nitro groups is 1. The van der Waals surface area contributed by atoms with Crippen molar-refractivity contribution in [2.24, 2.45) is 0 Å². The van der Waals surface area contributed by atoms with Crippen LogP contribution in [-0.4, -0.2) is 16.6 Å². The molecule has 2 aromatic rings. The van der Waals surface area contributed by atoms with Gasteiger partial charge in [0, 0.05) is 47.2 Å². The van der Waals surface area contributed by atoms with E-state index in [9.17, 15) is 19.7 Å². The molecule has 0 aromatic heterocycles. The van der Waals surface area contributed by atoms with Crippen LogP contribution < -0.4 is 4.90 Å². The molecule has 1 unspecified atom stereocenters. The van der Waals surface area contributed by atoms with Gasteiger partial charge in [-0.3, -0.25) is 24.6 Å². The molecule has 28 heavy (non-hydrogen) atoms. The number of non-ortho nitro benzene ring substituents is 1. The number of amides is 1. The van der Waals surface area contributed by atoms with Crippen molar-refractivity contribution in [2.75, 3.05) is 4.90 Å². The minimum absolute atomic E-state index is 0.00843. The summed E-state index contributed by atoms with van der Waals surface area (Å²) in [6.07, 6.45) is 1.73. The number of carbonyl (C=O) groups is 2. The number of hydrogen-bond donors (Lipinski definition) is 0. The summed E-state index contributed by atoms with van der Waals surface area (Å²) >= 11 is 6.36. The van der Waals surface area contributed by atoms with Crippen molar-refractivity contribution < 1.29 is 14.5 Å². The van der Waals surface area contributed by atoms with Gasteiger partial charge >= 0.3 is 0 Å². The molecule has 142 valence electrons. The lowest BCUT2D eigenvalue weighted by Gasteiger charge is -2.38. The first kappa shape index (κ1) is 18.4. The fourth-order valence-corrected chi connectivity index (χ4v) is 4.33. The molecule has 0 spiro atoms. The molecule has 0 saturated carbocycles. The first-order valence-corrected chi connectivity index (χ1v) is 9.43. The van der Waals surface area contributed by atoms with Crippen molar-refractivity contribution in [1.29, 1.82) is 0 Å². The standard InChI is InChI=1S/C21H17ClN2O4/c22-17-8-2-1-7-15(17)16-12-20(26)23(18-9-4-10-19(25)21(16)18)13-5-3-6-14(11-13)24(27)28/h1-3,5-8,11,16H,4,9-10,12H2. The normalized spacial score (nSPS) is 19.6. The third-order valence-corrected chi connectivity index (χ3v) is 5.60. The number of benzene rings is 2. The smallest absolute Gasteiger partial charge is 0.271 e. The van der Waals surface area contributed by atoms with Crippen molar-refractivity contribution in [3.05, 3.63) is 80.5 Å². The Morgan fingerprint density at radius 2 is 1.86 bits per heavy atom. The Hall–Kier alpha value is -2.99. The van der Waals surface area contributed by atoms with Crippen molar-refractivity contribution in [1.82, 2.24) is 0 Å². The molecule has 2 aromatic carbocycles. The van der Waals surface area contributed by atoms with Gasteiger partial charge < -0.3 is 0 Å². The molecule has 0 radical (unpaired) electrons. The molecular weight excluding hydrogens is 380 g/mol. The van der Waals surface area contributed by atoms with Gasteiger partial charge in [-0.15, -0.1) is 0 Å². The molecule has 1 aliphatic heterocycles. The first-order chi connectivity index (χ1) is 13.5. The van der Waals surface area contributed by atoms with E-state index in [1.54, 1.807) is 18.2 Å². The maximum absolute atomic E-state index is 13.1. The Morgan fingerprint density at radius 1 is 1.07 bits per heavy atom. The van der Waals surface area contributed by atoms with Crippen molar-refractivity contribution >= 4 is 34.7 Å². The molecule has 6 nitrogen and oxygen atoms in total. The second-order valence-electron chi connectivity index (χ2n) is 6.92. The van der Waals surface area contributed by atoms with Crippen LogP contribution in [0.3, 0.4) is 0 Å². The average Bonchev–Trinajstić information content (AvgIpc) is 2.68. The highest BCUT2D eigenvalue weighted by Gasteiger charge is 2.40. The zero-order valence-electron chi connectivity index (χ0n) is 14.9. The summed E-state index contributed by atoms with van der Waals surface area (Å²) < 4.78 is 0. The van der Waals surface area contributed by atoms with E-state index in [0.29, 0.717) is 41.2 Å². The monoisotopic (exact) mass is 396 g/mol. The van der Waals surface area contributed by atoms with Crippen LogP contribution in [0.1, 0.15) is 37.2 Å². The predicted octanol–water partition coefficient (Wildman–Crippen LogP) is 4.78. The molecule has 0 N–H and O–H groups in total. The lowest BCUT2D eigenvalue weighted by Crippen LogP contribution is -2.40. The van der Waals surface area contributed by atoms with Crippen LogP contribution in [0.5, 0.6) is 0 Å². The molecule has 0 bridgehead atoms. The number of carbonyl (C=O) groups excluding carboxylic acids is 2. The van der Waals surface area contributed by atoms with Crippen LogP contribution in [0.4, 0.5) is 11.4 Å². The van der Waals surface area contributed by atoms with Crippen LogP contribution >= 0.6 is 11.6 Å². The molecular formula is C21H17ClN2O4. The van der Waals surface area contributed by atoms with Gasteiger partial charge in [0.05, 0.1) is 10.6 Å². The Bertz CT molecular complexity index is 1030. The number of anilines is 1. The minimum atomic E-state index is -0.494. The van der Waals surface area contributed by atoms with Crippen molar-refractivity contribution in [3.8, 4) is 0 Å². The second kappa shape index (κ2) is 7.20. The van der Waals surface area contributed by atoms with E-state index >= 15 is 0 Å². The third kappa shape index (κ3) is 3.10. The molecule has 2 aliphatic rings. The topological polar surface area (TPSA) is 80.5 Å². The molecule has 1 atom stereocenters. The van der Waals surface area contributed by atoms with Gasteiger partial charge in [0.2, 0.25) is 5.91 Å². The Labute approximate surface area is 166 Å². The van der Waals surface area contributed by atoms with Gasteiger partial charge in [-0.1, -0.05) is 35.9 Å². The second-order valence-corrected chi connectivity index (χ2v) is 7.33. The van der Waals surface area contributed by atoms with Crippen LogP contribution in [0.25, 0.3) is 0 Å². The summed E-state index contributed by atoms with van der Waals surface area (Å²) in [7, 11) is 0. The van der Waals surface area contributed by atoms with Crippen LogP contribution in [-0.2, 0) is 9.59 Å². The zero-order chi connectivity index (χ0) is 19.8. The summed E-state index contributed by atoms with van der Waals surface area (Å²) in [4.78, 5) is 38.1. The number of halogens is 1. The fraction of sp³-hybridized carbons (Fsp3) is 0.238. The van der Waals surface area contributed by atoms with Gasteiger partial charge in [0.25, 0.3) is 5.69 Å². The first-order valence-electron chi connectivity index (χ1n) is 9.05. The van der Waals surface area contributed by atoms with E-state index in [2.05, 4.69) is 0 Å². The van der Waals surface area contributed by atoms with Crippen LogP contribution in [0.2, 0.25) is 5.02 Å². The molecule has 0 fully saturated rings. The van der Waals surface area contributed by atoms with E-state index in [-0.39, 0.29) is 29.7 Å². The lowest BCUT2D eigenvalue weighted by atomic mass is 9.77. The Morgan fingerprint density at radius 3 is 2.61 bits per heavy atom. The van der Waals surface area contributed by atoms with E-state index in [0.717, 1.165) is 5.56 Å². The Kier molecular flexibility index (Phi) is 4.73. The molecule has 4 rings (SSSR count). The highest BCUT2D eigenvalue weighted by Crippen LogP contribution is 2.45. The van der Waals surface area contributed by atoms with Gasteiger partial charge in [-0.25, -0.2) is 0 Å². The van der Waals surface area contributed by atoms with Crippen LogP contribution in [0, 0.1) is 10.1 Å². The number of hydrogen-bond acceptors (Lipinski definition) is 4. The summed E-state index contributed by atoms with van der Waals surface area (Å²) in [5, 5.41) is 11.7. The highest BCUT2D eigenvalue weighted by molar-refractivity contribution is 6.31. The van der Waals surface area contributed by atoms with E-state index in [1.807, 2.05) is 18.2 Å². The van der Waals surface area contributed by atoms with Gasteiger partial charge in [-0.2, -0.15) is 0 Å². The van der Waals surface area contributed by atoms with Crippen molar-refractivity contribution in [2.45, 2.75) is 31.6 Å². The maximum Gasteiger partial charge on any atom is 0.271 e. The molecule has 1 amide bonds. The maximum atomic E-state index is 13.1. The summed E-state index contributed by atoms with van der Waals surface area (Å²) in [5.74, 6) is -0.577. The van der Waals surface area contributed by atoms with Gasteiger partial charge in [-0.05, 0) is 30.5 Å². The summed E-state index contributed by atoms with van der Waals surface area (Å²) in [5.41, 5.74) is 2.32. The van der Waals surface area contributed by atoms with Crippen molar-refractivity contribution in [3.63, 3.8) is 0 Å². The number of nitro benzene ring substituents is 1. The van der Waals surface area contributed by atoms with E-state index in [1.165, 1.54) is 17.0 Å². The summed E-state index contributed by atoms with van der Waals surface area (Å²) in [6, 6.07) is 13.2. The molecule has 1 aliphatic carbocycles. The zero-order valence-corrected chi connectivity index (χ0v) is 15.7. The average molecular weight is 397 g/mol. The molecule has 0 saturated heterocycles. The van der Waals surface area contributed by atoms with Gasteiger partial charge in [0.15, 0.2) is 5.78 Å². The number of nitrogens with zero attached hydrogens (tertiary/aromatic N) is 2. The minimum Gasteiger partial charge on any atom is -0.294 e. The fourth-order valence-electron chi connectivity index (χ4n) is 4.06. The molecule has 7 heteroatoms. The SMILES string of the molecule is O=C1CCCC2=C1C(c1ccccc1Cl)CC(=O)N2c1cccc([N+](=O)[O-])c1. The Balaban J connectivity index is 1.88. The largest absolute Gasteiger partial charge is 0.294 e. The number of allylic oxidation sites excluding steroid dienone is 2. The van der Waals surface area contributed by atoms with Gasteiger partial charge in [0.1, 0.15) is 0 Å². The van der Waals surface area contributed by atoms with Crippen LogP contribution in [0.15, 0.2) is 59.8 Å². The number of rotatable bonds is 3. The predicted molar refractivity (Wildman–Crippen MR) is 105 cm³/mol. The highest BCUT2D eigenvalue weighted by atomic mass is 35.5. The molecule has 1 heterocycles. The quantitative estimate of drug-likeness (QED) is 0.552.